The van der Waals surface area contributed by atoms with Crippen LogP contribution in [0.25, 0.3) is 17.2 Å². The van der Waals surface area contributed by atoms with Crippen molar-refractivity contribution in [2.75, 3.05) is 0 Å². The van der Waals surface area contributed by atoms with Crippen molar-refractivity contribution in [3.05, 3.63) is 64.7 Å². The van der Waals surface area contributed by atoms with E-state index in [1.165, 1.54) is 33.4 Å². The Labute approximate surface area is 143 Å². The molecule has 0 N–H and O–H groups in total. The topological polar surface area (TPSA) is 0 Å². The molecule has 0 radical (unpaired) electrons. The molecule has 0 aliphatic heterocycles. The quantitative estimate of drug-likeness (QED) is 0.621. The number of hydrogen-bond acceptors (Lipinski definition) is 0. The molecule has 2 aromatic carbocycles. The molecular weight excluding hydrogens is 331 g/mol. The average molecular weight is 353 g/mol. The number of allylic oxidation sites excluding steroid dienone is 1. The van der Waals surface area contributed by atoms with Crippen LogP contribution in [-0.4, -0.2) is 0 Å². The normalized spacial score (nSPS) is 17.5. The summed E-state index contributed by atoms with van der Waals surface area (Å²) < 4.78 is 0.633. The van der Waals surface area contributed by atoms with Gasteiger partial charge in [0.2, 0.25) is 0 Å². The molecule has 0 amide bonds. The Morgan fingerprint density at radius 2 is 1.57 bits per heavy atom. The van der Waals surface area contributed by atoms with Gasteiger partial charge in [0, 0.05) is 0 Å². The molecule has 0 heterocycles. The third kappa shape index (κ3) is 2.62. The first-order chi connectivity index (χ1) is 9.89. The van der Waals surface area contributed by atoms with Crippen LogP contribution < -0.4 is 0 Å². The maximum absolute atomic E-state index is 2.39. The van der Waals surface area contributed by atoms with Gasteiger partial charge in [-0.2, -0.15) is 0 Å². The van der Waals surface area contributed by atoms with Crippen LogP contribution >= 0.6 is 0 Å². The second kappa shape index (κ2) is 5.36. The summed E-state index contributed by atoms with van der Waals surface area (Å²) in [6.07, 6.45) is 2.39. The molecule has 3 rings (SSSR count). The van der Waals surface area contributed by atoms with E-state index < -0.39 is 0 Å². The van der Waals surface area contributed by atoms with Crippen LogP contribution in [0.3, 0.4) is 0 Å². The molecule has 0 saturated carbocycles. The fourth-order valence-corrected chi connectivity index (χ4v) is 3.98. The molecular formula is C20H21Zr. The van der Waals surface area contributed by atoms with Crippen molar-refractivity contribution in [2.24, 2.45) is 0 Å². The molecule has 1 unspecified atom stereocenters. The second-order valence-electron chi connectivity index (χ2n) is 6.93. The van der Waals surface area contributed by atoms with Gasteiger partial charge in [0.25, 0.3) is 0 Å². The molecule has 0 bridgehead atoms. The first kappa shape index (κ1) is 15.0. The van der Waals surface area contributed by atoms with Gasteiger partial charge >= 0.3 is 143 Å². The zero-order valence-corrected chi connectivity index (χ0v) is 15.7. The third-order valence-corrected chi connectivity index (χ3v) is 6.19. The van der Waals surface area contributed by atoms with Gasteiger partial charge in [-0.05, 0) is 0 Å². The van der Waals surface area contributed by atoms with Crippen LogP contribution in [0.2, 0.25) is 0 Å². The summed E-state index contributed by atoms with van der Waals surface area (Å²) in [4.78, 5) is 0. The van der Waals surface area contributed by atoms with E-state index in [1.807, 2.05) is 0 Å². The van der Waals surface area contributed by atoms with Gasteiger partial charge in [0.1, 0.15) is 0 Å². The molecule has 0 fully saturated rings. The zero-order valence-electron chi connectivity index (χ0n) is 13.2. The van der Waals surface area contributed by atoms with Crippen LogP contribution in [0.5, 0.6) is 0 Å². The van der Waals surface area contributed by atoms with Crippen molar-refractivity contribution < 1.29 is 24.7 Å². The van der Waals surface area contributed by atoms with Crippen molar-refractivity contribution in [2.45, 2.75) is 36.7 Å². The summed E-state index contributed by atoms with van der Waals surface area (Å²) in [6.45, 7) is 9.15. The van der Waals surface area contributed by atoms with Crippen molar-refractivity contribution in [3.63, 3.8) is 0 Å². The number of hydrogen-bond donors (Lipinski definition) is 0. The van der Waals surface area contributed by atoms with Crippen LogP contribution in [0.4, 0.5) is 0 Å². The Hall–Kier alpha value is -0.937. The summed E-state index contributed by atoms with van der Waals surface area (Å²) in [5, 5.41) is 0. The monoisotopic (exact) mass is 351 g/mol. The fraction of sp³-hybridized carbons (Fsp3) is 0.300. The Morgan fingerprint density at radius 3 is 2.29 bits per heavy atom. The third-order valence-electron chi connectivity index (χ3n) is 4.30. The van der Waals surface area contributed by atoms with Crippen molar-refractivity contribution >= 4 is 6.08 Å². The standard InChI is InChI=1S/C20H21.Zr/c1-14-12-15-8-7-10-16(18(15)13-14)17-9-5-6-11-19(17)20(2,3)4;/h5-13H,1-4H3;. The van der Waals surface area contributed by atoms with Crippen LogP contribution in [-0.2, 0) is 30.1 Å². The van der Waals surface area contributed by atoms with Gasteiger partial charge in [-0.1, -0.05) is 0 Å². The first-order valence-electron chi connectivity index (χ1n) is 7.51. The van der Waals surface area contributed by atoms with Gasteiger partial charge < -0.3 is 0 Å². The van der Waals surface area contributed by atoms with E-state index in [4.69, 9.17) is 0 Å². The molecule has 2 aromatic rings. The summed E-state index contributed by atoms with van der Waals surface area (Å²) in [5.41, 5.74) is 8.81. The Kier molecular flexibility index (Phi) is 3.82. The molecule has 105 valence electrons. The summed E-state index contributed by atoms with van der Waals surface area (Å²) in [5.74, 6) is 0. The van der Waals surface area contributed by atoms with E-state index in [-0.39, 0.29) is 5.41 Å². The predicted molar refractivity (Wildman–Crippen MR) is 87.0 cm³/mol. The number of fused-ring (bicyclic) bond motifs is 1. The molecule has 0 nitrogen and oxygen atoms in total. The zero-order chi connectivity index (χ0) is 15.2. The van der Waals surface area contributed by atoms with Gasteiger partial charge in [-0.3, -0.25) is 0 Å². The predicted octanol–water partition coefficient (Wildman–Crippen LogP) is 5.66. The van der Waals surface area contributed by atoms with Crippen LogP contribution in [0.1, 0.15) is 48.0 Å². The Morgan fingerprint density at radius 1 is 0.905 bits per heavy atom. The first-order valence-corrected chi connectivity index (χ1v) is 8.93. The Balaban J connectivity index is 2.26. The minimum absolute atomic E-state index is 0.161. The van der Waals surface area contributed by atoms with E-state index in [0.717, 1.165) is 0 Å². The minimum atomic E-state index is 0.161. The van der Waals surface area contributed by atoms with Gasteiger partial charge in [0.15, 0.2) is 0 Å². The summed E-state index contributed by atoms with van der Waals surface area (Å²) >= 11 is 1.58. The molecule has 0 saturated heterocycles. The SMILES string of the molecule is CC1=Cc2c(-c3ccccc3C(C)(C)C)cccc2[CH]1[Zr]. The van der Waals surface area contributed by atoms with Crippen LogP contribution in [0, 0.1) is 0 Å². The van der Waals surface area contributed by atoms with E-state index in [0.29, 0.717) is 3.63 Å². The molecule has 0 spiro atoms. The van der Waals surface area contributed by atoms with E-state index in [9.17, 15) is 0 Å². The Bertz CT molecular complexity index is 717. The van der Waals surface area contributed by atoms with Crippen molar-refractivity contribution in [3.8, 4) is 11.1 Å². The number of benzene rings is 2. The van der Waals surface area contributed by atoms with E-state index >= 15 is 0 Å². The van der Waals surface area contributed by atoms with Gasteiger partial charge in [-0.15, -0.1) is 0 Å². The molecule has 0 aromatic heterocycles. The second-order valence-corrected chi connectivity index (χ2v) is 8.34. The molecule has 1 aliphatic rings. The summed E-state index contributed by atoms with van der Waals surface area (Å²) in [6, 6.07) is 15.7. The number of rotatable bonds is 1. The van der Waals surface area contributed by atoms with E-state index in [2.05, 4.69) is 76.2 Å². The van der Waals surface area contributed by atoms with Gasteiger partial charge in [-0.25, -0.2) is 0 Å². The average Bonchev–Trinajstić information content (AvgIpc) is 2.74. The summed E-state index contributed by atoms with van der Waals surface area (Å²) in [7, 11) is 0. The fourth-order valence-electron chi connectivity index (χ4n) is 3.16. The molecule has 1 heteroatoms. The molecule has 1 atom stereocenters. The van der Waals surface area contributed by atoms with Crippen LogP contribution in [0.15, 0.2) is 48.0 Å². The van der Waals surface area contributed by atoms with Crippen molar-refractivity contribution in [1.29, 1.82) is 0 Å². The van der Waals surface area contributed by atoms with E-state index in [1.54, 1.807) is 24.7 Å². The maximum atomic E-state index is 2.39. The van der Waals surface area contributed by atoms with Crippen molar-refractivity contribution in [1.82, 2.24) is 0 Å². The molecule has 21 heavy (non-hydrogen) atoms. The van der Waals surface area contributed by atoms with Gasteiger partial charge in [0.05, 0.1) is 0 Å². The molecule has 1 aliphatic carbocycles.